The van der Waals surface area contributed by atoms with Crippen LogP contribution in [-0.4, -0.2) is 46.2 Å². The summed E-state index contributed by atoms with van der Waals surface area (Å²) in [6.07, 6.45) is 3.08. The third-order valence-electron chi connectivity index (χ3n) is 7.84. The molecule has 0 atom stereocenters. The van der Waals surface area contributed by atoms with Gasteiger partial charge in [0.05, 0.1) is 18.8 Å². The first kappa shape index (κ1) is 44.1. The first-order chi connectivity index (χ1) is 27.0. The molecule has 4 aromatic heterocycles. The number of nitrogens with one attached hydrogen (secondary N) is 3. The molecule has 0 aliphatic rings. The molecule has 0 bridgehead atoms. The van der Waals surface area contributed by atoms with Crippen molar-refractivity contribution in [1.29, 1.82) is 0 Å². The highest BCUT2D eigenvalue weighted by molar-refractivity contribution is 6.36. The van der Waals surface area contributed by atoms with Gasteiger partial charge in [-0.25, -0.2) is 19.6 Å². The Balaban J connectivity index is 0.000000215. The number of carbonyl (C=O) groups excluding carboxylic acids is 2. The quantitative estimate of drug-likeness (QED) is 0.0980. The van der Waals surface area contributed by atoms with Crippen molar-refractivity contribution in [2.75, 3.05) is 0 Å². The molecule has 0 aliphatic carbocycles. The van der Waals surface area contributed by atoms with Crippen LogP contribution in [0.5, 0.6) is 0 Å². The number of aliphatic hydroxyl groups excluding tert-OH is 1. The van der Waals surface area contributed by atoms with Crippen molar-refractivity contribution in [2.45, 2.75) is 39.8 Å². The molecule has 6 aromatic rings. The fourth-order valence-corrected chi connectivity index (χ4v) is 6.36. The minimum atomic E-state index is -0.782. The molecule has 6 rings (SSSR count). The number of benzene rings is 2. The number of halogens is 6. The number of pyridine rings is 2. The number of aromatic nitrogens is 6. The van der Waals surface area contributed by atoms with Crippen molar-refractivity contribution < 1.29 is 23.5 Å². The molecule has 0 spiro atoms. The first-order valence-electron chi connectivity index (χ1n) is 16.6. The summed E-state index contributed by atoms with van der Waals surface area (Å²) in [7, 11) is 0. The number of hydrogen-bond donors (Lipinski definition) is 4. The molecule has 0 unspecified atom stereocenters. The summed E-state index contributed by atoms with van der Waals surface area (Å²) in [4.78, 5) is 86.8. The second-order valence-corrected chi connectivity index (χ2v) is 13.5. The maximum atomic E-state index is 13.4. The number of nitrogens with zero attached hydrogens (tertiary/aromatic N) is 3. The molecule has 57 heavy (non-hydrogen) atoms. The zero-order valence-corrected chi connectivity index (χ0v) is 32.8. The topological polar surface area (TPSA) is 201 Å². The molecule has 4 heterocycles. The largest absolute Gasteiger partial charge is 0.392 e. The summed E-state index contributed by atoms with van der Waals surface area (Å²) in [5.74, 6) is -2.37. The van der Waals surface area contributed by atoms with Crippen LogP contribution in [0, 0.1) is 11.9 Å². The van der Waals surface area contributed by atoms with Crippen LogP contribution in [0.4, 0.5) is 8.78 Å². The van der Waals surface area contributed by atoms with Crippen molar-refractivity contribution >= 4 is 58.0 Å². The van der Waals surface area contributed by atoms with E-state index in [1.54, 1.807) is 19.9 Å². The van der Waals surface area contributed by atoms with Gasteiger partial charge in [-0.15, -0.1) is 0 Å². The van der Waals surface area contributed by atoms with Crippen molar-refractivity contribution in [1.82, 2.24) is 29.5 Å². The van der Waals surface area contributed by atoms with E-state index in [-0.39, 0.29) is 63.3 Å². The average molecular weight is 863 g/mol. The van der Waals surface area contributed by atoms with E-state index in [1.807, 2.05) is 0 Å². The molecule has 0 aliphatic heterocycles. The minimum Gasteiger partial charge on any atom is -0.392 e. The number of carbonyl (C=O) groups is 2. The lowest BCUT2D eigenvalue weighted by Gasteiger charge is -2.15. The Morgan fingerprint density at radius 3 is 1.61 bits per heavy atom. The van der Waals surface area contributed by atoms with E-state index in [0.717, 1.165) is 10.6 Å². The van der Waals surface area contributed by atoms with E-state index in [4.69, 9.17) is 51.5 Å². The predicted molar refractivity (Wildman–Crippen MR) is 211 cm³/mol. The van der Waals surface area contributed by atoms with Gasteiger partial charge in [0.1, 0.15) is 5.69 Å². The average Bonchev–Trinajstić information content (AvgIpc) is 3.14. The van der Waals surface area contributed by atoms with E-state index >= 15 is 0 Å². The zero-order valence-electron chi connectivity index (χ0n) is 29.8. The van der Waals surface area contributed by atoms with E-state index in [9.17, 15) is 37.5 Å². The summed E-state index contributed by atoms with van der Waals surface area (Å²) in [5.41, 5.74) is -1.24. The monoisotopic (exact) mass is 860 g/mol. The van der Waals surface area contributed by atoms with Crippen LogP contribution in [0.15, 0.2) is 92.2 Å². The van der Waals surface area contributed by atoms with Gasteiger partial charge in [-0.3, -0.25) is 33.7 Å². The van der Waals surface area contributed by atoms with Crippen LogP contribution in [0.2, 0.25) is 20.1 Å². The van der Waals surface area contributed by atoms with Crippen LogP contribution in [0.1, 0.15) is 68.2 Å². The van der Waals surface area contributed by atoms with E-state index in [2.05, 4.69) is 24.9 Å². The lowest BCUT2D eigenvalue weighted by molar-refractivity contribution is 0.102. The molecule has 0 saturated heterocycles. The van der Waals surface area contributed by atoms with Crippen LogP contribution in [-0.2, 0) is 26.0 Å². The van der Waals surface area contributed by atoms with E-state index in [1.165, 1.54) is 60.9 Å². The predicted octanol–water partition coefficient (Wildman–Crippen LogP) is 6.10. The molecule has 4 N–H and O–H groups in total. The molecule has 0 fully saturated rings. The summed E-state index contributed by atoms with van der Waals surface area (Å²) < 4.78 is 26.7. The lowest BCUT2D eigenvalue weighted by atomic mass is 10.0. The fourth-order valence-electron chi connectivity index (χ4n) is 5.31. The first-order valence-corrected chi connectivity index (χ1v) is 18.1. The zero-order chi connectivity index (χ0) is 42.0. The molecule has 0 radical (unpaired) electrons. The number of aliphatic hydroxyl groups is 1. The van der Waals surface area contributed by atoms with E-state index < -0.39 is 46.0 Å². The highest BCUT2D eigenvalue weighted by Crippen LogP contribution is 2.23. The molecule has 0 amide bonds. The van der Waals surface area contributed by atoms with E-state index in [0.29, 0.717) is 27.6 Å². The van der Waals surface area contributed by atoms with Crippen molar-refractivity contribution in [2.24, 2.45) is 0 Å². The maximum Gasteiger partial charge on any atom is 0.329 e. The van der Waals surface area contributed by atoms with Crippen LogP contribution < -0.4 is 22.5 Å². The van der Waals surface area contributed by atoms with Gasteiger partial charge in [0, 0.05) is 54.7 Å². The second-order valence-electron chi connectivity index (χ2n) is 11.7. The standard InChI is InChI=1S/C19H14Cl2FN3O3.C13H10Cl2N2O3.C6H6FNO/c1-2-14-16(17(26)11-6-12(20)8-13(21)7-11)25(19(28)24-18(14)27)9-10-3-4-23-15(22)5-10;1-2-9-10(16-13(20)17-12(9)19)11(18)6-3-7(14)5-8(15)4-6;7-6-3-5(4-9)1-2-8-6/h3-8H,2,9H2,1H3,(H,24,27,28);3-5H,2H2,1H3,(H2,16,17,19,20);1-3,9H,4H2. The summed E-state index contributed by atoms with van der Waals surface area (Å²) >= 11 is 23.6. The number of ketones is 2. The van der Waals surface area contributed by atoms with Crippen molar-refractivity contribution in [3.8, 4) is 0 Å². The molecular formula is C38H30Cl4F2N6O7. The normalized spacial score (nSPS) is 10.5. The SMILES string of the molecule is CCc1c(C(=O)c2cc(Cl)cc(Cl)c2)[nH]c(=O)[nH]c1=O.CCc1c(C(=O)c2cc(Cl)cc(Cl)c2)n(Cc2ccnc(F)c2)c(=O)[nH]c1=O.OCc1ccnc(F)c1. The molecule has 19 heteroatoms. The Hall–Kier alpha value is -5.58. The number of aromatic amines is 3. The smallest absolute Gasteiger partial charge is 0.329 e. The van der Waals surface area contributed by atoms with Gasteiger partial charge in [0.15, 0.2) is 0 Å². The molecule has 2 aromatic carbocycles. The van der Waals surface area contributed by atoms with Gasteiger partial charge in [-0.1, -0.05) is 60.3 Å². The lowest BCUT2D eigenvalue weighted by Crippen LogP contribution is -2.37. The molecule has 296 valence electrons. The Morgan fingerprint density at radius 1 is 0.667 bits per heavy atom. The van der Waals surface area contributed by atoms with Crippen molar-refractivity contribution in [3.05, 3.63) is 191 Å². The van der Waals surface area contributed by atoms with Gasteiger partial charge < -0.3 is 10.1 Å². The Bertz CT molecular complexity index is 2660. The summed E-state index contributed by atoms with van der Waals surface area (Å²) in [6, 6.07) is 14.0. The van der Waals surface area contributed by atoms with Crippen LogP contribution in [0.25, 0.3) is 0 Å². The van der Waals surface area contributed by atoms with Gasteiger partial charge in [-0.2, -0.15) is 8.78 Å². The number of rotatable bonds is 9. The van der Waals surface area contributed by atoms with Crippen LogP contribution in [0.3, 0.4) is 0 Å². The molecule has 13 nitrogen and oxygen atoms in total. The minimum absolute atomic E-state index is 0.0421. The Morgan fingerprint density at radius 2 is 1.14 bits per heavy atom. The van der Waals surface area contributed by atoms with Gasteiger partial charge in [0.25, 0.3) is 11.1 Å². The third kappa shape index (κ3) is 11.7. The van der Waals surface area contributed by atoms with Gasteiger partial charge in [-0.05, 0) is 84.6 Å². The van der Waals surface area contributed by atoms with Gasteiger partial charge in [0.2, 0.25) is 23.5 Å². The highest BCUT2D eigenvalue weighted by Gasteiger charge is 2.23. The van der Waals surface area contributed by atoms with Crippen LogP contribution >= 0.6 is 46.4 Å². The molecule has 0 saturated carbocycles. The number of H-pyrrole nitrogens is 3. The molecular weight excluding hydrogens is 832 g/mol. The number of hydrogen-bond acceptors (Lipinski definition) is 9. The Labute approximate surface area is 340 Å². The summed E-state index contributed by atoms with van der Waals surface area (Å²) in [6.45, 7) is 3.13. The maximum absolute atomic E-state index is 13.4. The highest BCUT2D eigenvalue weighted by atomic mass is 35.5. The summed E-state index contributed by atoms with van der Waals surface area (Å²) in [5, 5.41) is 9.54. The van der Waals surface area contributed by atoms with Crippen molar-refractivity contribution in [3.63, 3.8) is 0 Å². The third-order valence-corrected chi connectivity index (χ3v) is 8.71. The van der Waals surface area contributed by atoms with Gasteiger partial charge >= 0.3 is 11.4 Å². The Kier molecular flexibility index (Phi) is 15.5. The fraction of sp³-hybridized carbons (Fsp3) is 0.158. The second kappa shape index (κ2) is 20.0.